The molecule has 0 aliphatic carbocycles. The monoisotopic (exact) mass is 440 g/mol. The smallest absolute Gasteiger partial charge is 0.333 e. The van der Waals surface area contributed by atoms with Gasteiger partial charge < -0.3 is 18.9 Å². The maximum atomic E-state index is 11.3. The number of hydrogen-bond acceptors (Lipinski definition) is 7. The van der Waals surface area contributed by atoms with Gasteiger partial charge in [0.2, 0.25) is 0 Å². The minimum absolute atomic E-state index is 0.0218. The predicted octanol–water partition coefficient (Wildman–Crippen LogP) is 3.26. The normalized spacial score (nSPS) is 9.89. The van der Waals surface area contributed by atoms with Crippen molar-refractivity contribution < 1.29 is 33.3 Å². The second-order valence-electron chi connectivity index (χ2n) is 5.47. The molecule has 0 spiro atoms. The molecule has 0 unspecified atom stereocenters. The van der Waals surface area contributed by atoms with E-state index in [-0.39, 0.29) is 32.0 Å². The van der Waals surface area contributed by atoms with Crippen molar-refractivity contribution in [3.8, 4) is 11.5 Å². The van der Waals surface area contributed by atoms with Crippen LogP contribution < -0.4 is 9.47 Å². The molecule has 146 valence electrons. The molecule has 0 aromatic heterocycles. The van der Waals surface area contributed by atoms with Crippen molar-refractivity contribution in [1.82, 2.24) is 0 Å². The van der Waals surface area contributed by atoms with Crippen LogP contribution in [0.4, 0.5) is 0 Å². The van der Waals surface area contributed by atoms with Gasteiger partial charge in [-0.3, -0.25) is 4.79 Å². The van der Waals surface area contributed by atoms with Gasteiger partial charge in [0.05, 0.1) is 10.0 Å². The van der Waals surface area contributed by atoms with E-state index in [9.17, 15) is 14.4 Å². The van der Waals surface area contributed by atoms with Gasteiger partial charge in [-0.15, -0.1) is 0 Å². The van der Waals surface area contributed by atoms with Crippen LogP contribution in [0, 0.1) is 0 Å². The molecule has 0 aliphatic rings. The standard InChI is InChI=1S/C19H21BrO7/c1-12(2)18(22)26-7-5-24-16-10-15(20)17(9-14(16)11-21)25-6-8-27-19(23)13(3)4/h9-11H,1,3,5-8H2,2,4H3. The number of aldehydes is 1. The maximum absolute atomic E-state index is 11.3. The van der Waals surface area contributed by atoms with Gasteiger partial charge in [0.25, 0.3) is 0 Å². The van der Waals surface area contributed by atoms with Gasteiger partial charge in [-0.25, -0.2) is 9.59 Å². The number of esters is 2. The quantitative estimate of drug-likeness (QED) is 0.225. The van der Waals surface area contributed by atoms with Crippen LogP contribution in [0.5, 0.6) is 11.5 Å². The molecule has 0 aliphatic heterocycles. The summed E-state index contributed by atoms with van der Waals surface area (Å²) in [5.74, 6) is -0.303. The van der Waals surface area contributed by atoms with E-state index in [0.29, 0.717) is 33.4 Å². The number of halogens is 1. The van der Waals surface area contributed by atoms with Crippen LogP contribution >= 0.6 is 15.9 Å². The Morgan fingerprint density at radius 3 is 1.85 bits per heavy atom. The molecule has 1 aromatic carbocycles. The summed E-state index contributed by atoms with van der Waals surface area (Å²) < 4.78 is 21.4. The Morgan fingerprint density at radius 2 is 1.41 bits per heavy atom. The lowest BCUT2D eigenvalue weighted by atomic mass is 10.2. The first-order valence-corrected chi connectivity index (χ1v) is 8.75. The number of benzene rings is 1. The summed E-state index contributed by atoms with van der Waals surface area (Å²) in [7, 11) is 0. The third-order valence-electron chi connectivity index (χ3n) is 3.04. The van der Waals surface area contributed by atoms with Crippen molar-refractivity contribution in [1.29, 1.82) is 0 Å². The number of carbonyl (C=O) groups excluding carboxylic acids is 3. The molecule has 0 amide bonds. The van der Waals surface area contributed by atoms with Gasteiger partial charge >= 0.3 is 11.9 Å². The van der Waals surface area contributed by atoms with Crippen molar-refractivity contribution in [2.45, 2.75) is 13.8 Å². The van der Waals surface area contributed by atoms with Crippen LogP contribution in [-0.4, -0.2) is 44.7 Å². The van der Waals surface area contributed by atoms with Crippen LogP contribution in [-0.2, 0) is 19.1 Å². The Kier molecular flexibility index (Phi) is 9.29. The predicted molar refractivity (Wildman–Crippen MR) is 102 cm³/mol. The van der Waals surface area contributed by atoms with E-state index in [2.05, 4.69) is 29.1 Å². The fraction of sp³-hybridized carbons (Fsp3) is 0.316. The van der Waals surface area contributed by atoms with Crippen molar-refractivity contribution in [3.63, 3.8) is 0 Å². The lowest BCUT2D eigenvalue weighted by Gasteiger charge is -2.13. The molecule has 0 atom stereocenters. The first-order chi connectivity index (χ1) is 12.8. The van der Waals surface area contributed by atoms with Crippen molar-refractivity contribution in [3.05, 3.63) is 46.5 Å². The molecule has 0 saturated carbocycles. The number of hydrogen-bond donors (Lipinski definition) is 0. The average molecular weight is 441 g/mol. The molecule has 0 radical (unpaired) electrons. The summed E-state index contributed by atoms with van der Waals surface area (Å²) in [5, 5.41) is 0. The number of ether oxygens (including phenoxy) is 4. The van der Waals surface area contributed by atoms with Gasteiger partial charge in [-0.2, -0.15) is 0 Å². The Bertz CT molecular complexity index is 740. The van der Waals surface area contributed by atoms with E-state index in [1.165, 1.54) is 6.07 Å². The molecule has 0 fully saturated rings. The molecule has 1 aromatic rings. The topological polar surface area (TPSA) is 88.1 Å². The molecule has 1 rings (SSSR count). The first kappa shape index (κ1) is 22.4. The second kappa shape index (κ2) is 11.2. The highest BCUT2D eigenvalue weighted by Gasteiger charge is 2.12. The fourth-order valence-electron chi connectivity index (χ4n) is 1.70. The summed E-state index contributed by atoms with van der Waals surface area (Å²) in [6, 6.07) is 3.06. The largest absolute Gasteiger partial charge is 0.489 e. The fourth-order valence-corrected chi connectivity index (χ4v) is 2.13. The SMILES string of the molecule is C=C(C)C(=O)OCCOc1cc(C=O)c(OCCOC(=O)C(=C)C)cc1Br. The molecular weight excluding hydrogens is 420 g/mol. The summed E-state index contributed by atoms with van der Waals surface area (Å²) in [5.41, 5.74) is 0.856. The van der Waals surface area contributed by atoms with E-state index >= 15 is 0 Å². The van der Waals surface area contributed by atoms with E-state index in [4.69, 9.17) is 18.9 Å². The van der Waals surface area contributed by atoms with Gasteiger partial charge in [0.1, 0.15) is 37.9 Å². The van der Waals surface area contributed by atoms with Gasteiger partial charge in [0, 0.05) is 11.1 Å². The zero-order valence-electron chi connectivity index (χ0n) is 15.2. The highest BCUT2D eigenvalue weighted by Crippen LogP contribution is 2.32. The van der Waals surface area contributed by atoms with E-state index < -0.39 is 11.9 Å². The maximum Gasteiger partial charge on any atom is 0.333 e. The number of carbonyl (C=O) groups is 3. The van der Waals surface area contributed by atoms with Gasteiger partial charge in [0.15, 0.2) is 6.29 Å². The molecule has 7 nitrogen and oxygen atoms in total. The molecule has 8 heteroatoms. The molecular formula is C19H21BrO7. The Balaban J connectivity index is 2.60. The molecule has 0 heterocycles. The summed E-state index contributed by atoms with van der Waals surface area (Å²) >= 11 is 3.33. The summed E-state index contributed by atoms with van der Waals surface area (Å²) in [6.45, 7) is 10.3. The minimum atomic E-state index is -0.508. The van der Waals surface area contributed by atoms with Crippen molar-refractivity contribution >= 4 is 34.2 Å². The van der Waals surface area contributed by atoms with Crippen molar-refractivity contribution in [2.75, 3.05) is 26.4 Å². The zero-order chi connectivity index (χ0) is 20.4. The van der Waals surface area contributed by atoms with Gasteiger partial charge in [-0.05, 0) is 41.9 Å². The lowest BCUT2D eigenvalue weighted by Crippen LogP contribution is -2.13. The second-order valence-corrected chi connectivity index (χ2v) is 6.32. The van der Waals surface area contributed by atoms with Crippen LogP contribution in [0.25, 0.3) is 0 Å². The molecule has 0 N–H and O–H groups in total. The van der Waals surface area contributed by atoms with Crippen LogP contribution in [0.15, 0.2) is 40.9 Å². The van der Waals surface area contributed by atoms with Crippen LogP contribution in [0.2, 0.25) is 0 Å². The average Bonchev–Trinajstić information content (AvgIpc) is 2.62. The van der Waals surface area contributed by atoms with Crippen molar-refractivity contribution in [2.24, 2.45) is 0 Å². The van der Waals surface area contributed by atoms with Crippen LogP contribution in [0.3, 0.4) is 0 Å². The number of rotatable bonds is 11. The van der Waals surface area contributed by atoms with Gasteiger partial charge in [-0.1, -0.05) is 13.2 Å². The Labute approximate surface area is 166 Å². The van der Waals surface area contributed by atoms with E-state index in [0.717, 1.165) is 0 Å². The zero-order valence-corrected chi connectivity index (χ0v) is 16.8. The molecule has 0 saturated heterocycles. The first-order valence-electron chi connectivity index (χ1n) is 7.95. The van der Waals surface area contributed by atoms with E-state index in [1.807, 2.05) is 0 Å². The Morgan fingerprint density at radius 1 is 0.926 bits per heavy atom. The summed E-state index contributed by atoms with van der Waals surface area (Å²) in [4.78, 5) is 33.9. The highest BCUT2D eigenvalue weighted by atomic mass is 79.9. The minimum Gasteiger partial charge on any atom is -0.489 e. The molecule has 27 heavy (non-hydrogen) atoms. The lowest BCUT2D eigenvalue weighted by molar-refractivity contribution is -0.140. The Hall–Kier alpha value is -2.61. The highest BCUT2D eigenvalue weighted by molar-refractivity contribution is 9.10. The third kappa shape index (κ3) is 7.65. The summed E-state index contributed by atoms with van der Waals surface area (Å²) in [6.07, 6.45) is 0.621. The third-order valence-corrected chi connectivity index (χ3v) is 3.66. The molecule has 0 bridgehead atoms. The van der Waals surface area contributed by atoms with E-state index in [1.54, 1.807) is 19.9 Å². The van der Waals surface area contributed by atoms with Crippen LogP contribution in [0.1, 0.15) is 24.2 Å².